The van der Waals surface area contributed by atoms with Crippen LogP contribution in [0.1, 0.15) is 24.6 Å². The third-order valence-electron chi connectivity index (χ3n) is 2.75. The van der Waals surface area contributed by atoms with Crippen LogP contribution in [0.15, 0.2) is 18.3 Å². The topological polar surface area (TPSA) is 33.1 Å². The summed E-state index contributed by atoms with van der Waals surface area (Å²) in [6.45, 7) is 4.00. The minimum absolute atomic E-state index is 0.389. The van der Waals surface area contributed by atoms with Gasteiger partial charge in [-0.25, -0.2) is 0 Å². The molecule has 1 aromatic heterocycles. The molecule has 1 fully saturated rings. The van der Waals surface area contributed by atoms with Crippen LogP contribution >= 0.6 is 0 Å². The van der Waals surface area contributed by atoms with Crippen molar-refractivity contribution in [1.82, 2.24) is 4.98 Å². The summed E-state index contributed by atoms with van der Waals surface area (Å²) in [7, 11) is 0. The van der Waals surface area contributed by atoms with Crippen molar-refractivity contribution >= 4 is 0 Å². The van der Waals surface area contributed by atoms with Crippen molar-refractivity contribution in [3.63, 3.8) is 0 Å². The average molecular weight is 163 g/mol. The largest absolute Gasteiger partial charge is 0.385 e. The summed E-state index contributed by atoms with van der Waals surface area (Å²) >= 11 is 0. The van der Waals surface area contributed by atoms with E-state index >= 15 is 0 Å². The van der Waals surface area contributed by atoms with Crippen LogP contribution in [0.5, 0.6) is 0 Å². The van der Waals surface area contributed by atoms with Crippen molar-refractivity contribution in [3.05, 3.63) is 29.6 Å². The van der Waals surface area contributed by atoms with Crippen LogP contribution in [0, 0.1) is 12.8 Å². The van der Waals surface area contributed by atoms with Gasteiger partial charge in [0, 0.05) is 17.5 Å². The first-order chi connectivity index (χ1) is 5.64. The lowest BCUT2D eigenvalue weighted by atomic mass is 10.1. The van der Waals surface area contributed by atoms with E-state index in [0.29, 0.717) is 5.92 Å². The van der Waals surface area contributed by atoms with Crippen molar-refractivity contribution in [2.75, 3.05) is 0 Å². The molecule has 1 heterocycles. The Morgan fingerprint density at radius 1 is 1.67 bits per heavy atom. The monoisotopic (exact) mass is 163 g/mol. The maximum Gasteiger partial charge on any atom is 0.0944 e. The van der Waals surface area contributed by atoms with E-state index in [1.807, 2.05) is 19.1 Å². The van der Waals surface area contributed by atoms with E-state index in [2.05, 4.69) is 11.9 Å². The van der Waals surface area contributed by atoms with Crippen molar-refractivity contribution in [1.29, 1.82) is 0 Å². The fraction of sp³-hybridized carbons (Fsp3) is 0.500. The quantitative estimate of drug-likeness (QED) is 0.682. The summed E-state index contributed by atoms with van der Waals surface area (Å²) in [5.41, 5.74) is 1.38. The van der Waals surface area contributed by atoms with Gasteiger partial charge in [-0.1, -0.05) is 13.0 Å². The predicted octanol–water partition coefficient (Wildman–Crippen LogP) is 1.62. The van der Waals surface area contributed by atoms with Gasteiger partial charge in [-0.05, 0) is 25.3 Å². The van der Waals surface area contributed by atoms with Gasteiger partial charge in [0.25, 0.3) is 0 Å². The third kappa shape index (κ3) is 0.950. The second-order valence-corrected chi connectivity index (χ2v) is 3.67. The minimum Gasteiger partial charge on any atom is -0.385 e. The first-order valence-corrected chi connectivity index (χ1v) is 4.29. The Balaban J connectivity index is 2.41. The Bertz CT molecular complexity index is 310. The zero-order valence-electron chi connectivity index (χ0n) is 7.41. The summed E-state index contributed by atoms with van der Waals surface area (Å²) in [4.78, 5) is 4.16. The van der Waals surface area contributed by atoms with E-state index in [1.165, 1.54) is 0 Å². The van der Waals surface area contributed by atoms with Gasteiger partial charge in [0.1, 0.15) is 0 Å². The van der Waals surface area contributed by atoms with Gasteiger partial charge in [-0.3, -0.25) is 4.98 Å². The summed E-state index contributed by atoms with van der Waals surface area (Å²) in [6, 6.07) is 3.84. The summed E-state index contributed by atoms with van der Waals surface area (Å²) in [5.74, 6) is 0.389. The highest BCUT2D eigenvalue weighted by Crippen LogP contribution is 2.51. The van der Waals surface area contributed by atoms with E-state index < -0.39 is 5.60 Å². The predicted molar refractivity (Wildman–Crippen MR) is 46.7 cm³/mol. The molecule has 2 atom stereocenters. The fourth-order valence-corrected chi connectivity index (χ4v) is 1.73. The first kappa shape index (κ1) is 7.74. The van der Waals surface area contributed by atoms with E-state index in [9.17, 15) is 5.11 Å². The van der Waals surface area contributed by atoms with Gasteiger partial charge in [-0.2, -0.15) is 0 Å². The average Bonchev–Trinajstić information content (AvgIpc) is 2.61. The Labute approximate surface area is 72.3 Å². The molecule has 0 aliphatic heterocycles. The molecule has 2 unspecified atom stereocenters. The summed E-state index contributed by atoms with van der Waals surface area (Å²) in [6.07, 6.45) is 2.63. The molecule has 2 rings (SSSR count). The molecule has 0 amide bonds. The normalized spacial score (nSPS) is 33.4. The minimum atomic E-state index is -0.571. The second-order valence-electron chi connectivity index (χ2n) is 3.67. The fourth-order valence-electron chi connectivity index (χ4n) is 1.73. The number of rotatable bonds is 1. The highest BCUT2D eigenvalue weighted by atomic mass is 16.3. The second kappa shape index (κ2) is 2.30. The van der Waals surface area contributed by atoms with Crippen molar-refractivity contribution < 1.29 is 5.11 Å². The van der Waals surface area contributed by atoms with Crippen LogP contribution in [0.3, 0.4) is 0 Å². The number of hydrogen-bond donors (Lipinski definition) is 1. The Morgan fingerprint density at radius 2 is 2.33 bits per heavy atom. The molecule has 0 spiro atoms. The van der Waals surface area contributed by atoms with Crippen LogP contribution < -0.4 is 0 Å². The van der Waals surface area contributed by atoms with Crippen LogP contribution in [0.2, 0.25) is 0 Å². The molecule has 1 aliphatic carbocycles. The Kier molecular flexibility index (Phi) is 1.48. The number of aryl methyl sites for hydroxylation is 1. The van der Waals surface area contributed by atoms with Gasteiger partial charge >= 0.3 is 0 Å². The molecular formula is C10H13NO. The zero-order valence-corrected chi connectivity index (χ0v) is 7.41. The molecule has 0 radical (unpaired) electrons. The SMILES string of the molecule is Cc1ncccc1C1(O)CC1C. The molecule has 1 N–H and O–H groups in total. The lowest BCUT2D eigenvalue weighted by Gasteiger charge is -2.11. The van der Waals surface area contributed by atoms with E-state index in [1.54, 1.807) is 6.20 Å². The molecule has 0 bridgehead atoms. The molecule has 1 aliphatic rings. The smallest absolute Gasteiger partial charge is 0.0944 e. The third-order valence-corrected chi connectivity index (χ3v) is 2.75. The Morgan fingerprint density at radius 3 is 2.83 bits per heavy atom. The molecule has 0 saturated heterocycles. The van der Waals surface area contributed by atoms with Gasteiger partial charge in [-0.15, -0.1) is 0 Å². The van der Waals surface area contributed by atoms with Crippen LogP contribution in [0.4, 0.5) is 0 Å². The van der Waals surface area contributed by atoms with Crippen molar-refractivity contribution in [2.45, 2.75) is 25.9 Å². The Hall–Kier alpha value is -0.890. The summed E-state index contributed by atoms with van der Waals surface area (Å²) < 4.78 is 0. The van der Waals surface area contributed by atoms with Gasteiger partial charge in [0.2, 0.25) is 0 Å². The number of hydrogen-bond acceptors (Lipinski definition) is 2. The zero-order chi connectivity index (χ0) is 8.77. The van der Waals surface area contributed by atoms with Crippen LogP contribution in [-0.2, 0) is 5.60 Å². The van der Waals surface area contributed by atoms with E-state index in [4.69, 9.17) is 0 Å². The molecule has 1 saturated carbocycles. The lowest BCUT2D eigenvalue weighted by molar-refractivity contribution is 0.133. The van der Waals surface area contributed by atoms with Crippen molar-refractivity contribution in [2.24, 2.45) is 5.92 Å². The molecule has 2 nitrogen and oxygen atoms in total. The lowest BCUT2D eigenvalue weighted by Crippen LogP contribution is -2.10. The number of nitrogens with zero attached hydrogens (tertiary/aromatic N) is 1. The highest BCUT2D eigenvalue weighted by Gasteiger charge is 2.51. The standard InChI is InChI=1S/C10H13NO/c1-7-6-10(7,12)9-4-3-5-11-8(9)2/h3-5,7,12H,6H2,1-2H3. The van der Waals surface area contributed by atoms with Gasteiger partial charge < -0.3 is 5.11 Å². The first-order valence-electron chi connectivity index (χ1n) is 4.29. The number of aliphatic hydroxyl groups is 1. The van der Waals surface area contributed by atoms with Gasteiger partial charge in [0.05, 0.1) is 5.60 Å². The molecule has 0 aromatic carbocycles. The number of pyridine rings is 1. The molecule has 2 heteroatoms. The molecule has 64 valence electrons. The molecule has 1 aromatic rings. The number of aromatic nitrogens is 1. The van der Waals surface area contributed by atoms with Crippen LogP contribution in [0.25, 0.3) is 0 Å². The maximum absolute atomic E-state index is 10.0. The maximum atomic E-state index is 10.0. The molecular weight excluding hydrogens is 150 g/mol. The molecule has 12 heavy (non-hydrogen) atoms. The van der Waals surface area contributed by atoms with Crippen LogP contribution in [-0.4, -0.2) is 10.1 Å². The highest BCUT2D eigenvalue weighted by molar-refractivity contribution is 5.31. The summed E-state index contributed by atoms with van der Waals surface area (Å²) in [5, 5.41) is 10.0. The van der Waals surface area contributed by atoms with E-state index in [-0.39, 0.29) is 0 Å². The van der Waals surface area contributed by atoms with Crippen molar-refractivity contribution in [3.8, 4) is 0 Å². The van der Waals surface area contributed by atoms with E-state index in [0.717, 1.165) is 17.7 Å². The van der Waals surface area contributed by atoms with Gasteiger partial charge in [0.15, 0.2) is 0 Å².